The molecule has 0 aliphatic carbocycles. The smallest absolute Gasteiger partial charge is 0.267 e. The Kier molecular flexibility index (Phi) is 8.44. The van der Waals surface area contributed by atoms with Gasteiger partial charge in [-0.3, -0.25) is 18.9 Å². The summed E-state index contributed by atoms with van der Waals surface area (Å²) in [7, 11) is 0. The van der Waals surface area contributed by atoms with Crippen molar-refractivity contribution in [2.45, 2.75) is 53.1 Å². The summed E-state index contributed by atoms with van der Waals surface area (Å²) >= 11 is 6.64. The molecule has 0 unspecified atom stereocenters. The zero-order valence-electron chi connectivity index (χ0n) is 19.0. The van der Waals surface area contributed by atoms with Gasteiger partial charge >= 0.3 is 0 Å². The van der Waals surface area contributed by atoms with Gasteiger partial charge in [-0.15, -0.1) is 0 Å². The number of thiocarbonyl (C=S) groups is 1. The van der Waals surface area contributed by atoms with Crippen molar-refractivity contribution in [3.05, 3.63) is 44.7 Å². The first-order chi connectivity index (χ1) is 15.3. The van der Waals surface area contributed by atoms with E-state index in [1.54, 1.807) is 17.2 Å². The molecule has 0 bridgehead atoms. The molecule has 1 fully saturated rings. The minimum atomic E-state index is -0.224. The van der Waals surface area contributed by atoms with Gasteiger partial charge in [0, 0.05) is 25.9 Å². The van der Waals surface area contributed by atoms with E-state index < -0.39 is 0 Å². The number of rotatable bonds is 10. The molecule has 3 heterocycles. The highest BCUT2D eigenvalue weighted by atomic mass is 32.2. The van der Waals surface area contributed by atoms with E-state index in [4.69, 9.17) is 21.9 Å². The number of carbonyl (C=O) groups is 1. The van der Waals surface area contributed by atoms with Crippen molar-refractivity contribution in [2.24, 2.45) is 0 Å². The summed E-state index contributed by atoms with van der Waals surface area (Å²) in [5.41, 5.74) is 1.62. The number of hydrogen-bond acceptors (Lipinski definition) is 7. The van der Waals surface area contributed by atoms with Crippen molar-refractivity contribution < 1.29 is 9.53 Å². The third kappa shape index (κ3) is 5.57. The van der Waals surface area contributed by atoms with Crippen molar-refractivity contribution in [1.82, 2.24) is 14.3 Å². The lowest BCUT2D eigenvalue weighted by Gasteiger charge is -2.14. The van der Waals surface area contributed by atoms with Crippen LogP contribution in [0, 0.1) is 6.92 Å². The van der Waals surface area contributed by atoms with E-state index in [-0.39, 0.29) is 17.6 Å². The quantitative estimate of drug-likeness (QED) is 0.314. The minimum Gasteiger partial charge on any atom is -0.379 e. The van der Waals surface area contributed by atoms with Crippen molar-refractivity contribution >= 4 is 51.7 Å². The Labute approximate surface area is 198 Å². The number of aryl methyl sites for hydroxylation is 1. The second-order valence-corrected chi connectivity index (χ2v) is 9.63. The van der Waals surface area contributed by atoms with Crippen LogP contribution in [0.5, 0.6) is 0 Å². The lowest BCUT2D eigenvalue weighted by Crippen LogP contribution is -2.29. The molecule has 1 aliphatic rings. The maximum Gasteiger partial charge on any atom is 0.267 e. The van der Waals surface area contributed by atoms with Crippen molar-refractivity contribution in [3.8, 4) is 0 Å². The molecule has 2 aromatic rings. The predicted molar refractivity (Wildman–Crippen MR) is 135 cm³/mol. The number of carbonyl (C=O) groups excluding carboxylic acids is 1. The summed E-state index contributed by atoms with van der Waals surface area (Å²) in [6.07, 6.45) is 6.12. The number of nitrogens with one attached hydrogen (secondary N) is 1. The molecule has 0 aromatic carbocycles. The van der Waals surface area contributed by atoms with Crippen LogP contribution in [0.4, 0.5) is 5.82 Å². The number of unbranched alkanes of at least 4 members (excludes halogenated alkanes) is 1. The number of nitrogens with zero attached hydrogens (tertiary/aromatic N) is 3. The summed E-state index contributed by atoms with van der Waals surface area (Å²) in [5.74, 6) is 0.311. The van der Waals surface area contributed by atoms with E-state index in [2.05, 4.69) is 12.2 Å². The van der Waals surface area contributed by atoms with Crippen LogP contribution in [0.25, 0.3) is 11.7 Å². The van der Waals surface area contributed by atoms with Gasteiger partial charge in [-0.2, -0.15) is 0 Å². The molecule has 1 N–H and O–H groups in total. The number of ether oxygens (including phenoxy) is 1. The molecule has 2 aromatic heterocycles. The fourth-order valence-corrected chi connectivity index (χ4v) is 4.60. The van der Waals surface area contributed by atoms with Gasteiger partial charge < -0.3 is 10.1 Å². The lowest BCUT2D eigenvalue weighted by atomic mass is 10.2. The predicted octanol–water partition coefficient (Wildman–Crippen LogP) is 4.23. The summed E-state index contributed by atoms with van der Waals surface area (Å²) < 4.78 is 7.64. The number of amides is 1. The average molecular weight is 475 g/mol. The molecule has 1 amide bonds. The van der Waals surface area contributed by atoms with Gasteiger partial charge in [-0.1, -0.05) is 43.4 Å². The van der Waals surface area contributed by atoms with Gasteiger partial charge in [0.1, 0.15) is 15.8 Å². The molecule has 32 heavy (non-hydrogen) atoms. The van der Waals surface area contributed by atoms with Crippen molar-refractivity contribution in [3.63, 3.8) is 0 Å². The Morgan fingerprint density at radius 1 is 1.31 bits per heavy atom. The van der Waals surface area contributed by atoms with Gasteiger partial charge in [-0.05, 0) is 51.3 Å². The molecular weight excluding hydrogens is 444 g/mol. The SMILES string of the molecule is CCCCN1C(=O)C(=Cc2c(NCCCOC(C)C)nc3c(C)cccn3c2=O)SC1=S. The fraction of sp³-hybridized carbons (Fsp3) is 0.478. The molecule has 0 saturated carbocycles. The molecule has 172 valence electrons. The molecule has 7 nitrogen and oxygen atoms in total. The molecule has 0 atom stereocenters. The van der Waals surface area contributed by atoms with E-state index in [1.807, 2.05) is 32.9 Å². The first kappa shape index (κ1) is 24.4. The Hall–Kier alpha value is -2.23. The Balaban J connectivity index is 1.96. The summed E-state index contributed by atoms with van der Waals surface area (Å²) in [6.45, 7) is 9.78. The summed E-state index contributed by atoms with van der Waals surface area (Å²) in [6, 6.07) is 3.73. The minimum absolute atomic E-state index is 0.154. The van der Waals surface area contributed by atoms with Crippen LogP contribution in [0.15, 0.2) is 28.0 Å². The standard InChI is InChI=1S/C23H30N4O3S2/c1-5-6-11-27-22(29)18(32-23(27)31)14-17-19(24-10-8-13-30-15(2)3)25-20-16(4)9-7-12-26(20)21(17)28/h7,9,12,14-15,24H,5-6,8,10-11,13H2,1-4H3. The second-order valence-electron chi connectivity index (χ2n) is 7.95. The van der Waals surface area contributed by atoms with E-state index in [9.17, 15) is 9.59 Å². The number of anilines is 1. The summed E-state index contributed by atoms with van der Waals surface area (Å²) in [4.78, 5) is 33.1. The summed E-state index contributed by atoms with van der Waals surface area (Å²) in [5, 5.41) is 3.28. The van der Waals surface area contributed by atoms with Crippen LogP contribution < -0.4 is 10.9 Å². The van der Waals surface area contributed by atoms with Crippen LogP contribution >= 0.6 is 24.0 Å². The molecule has 3 rings (SSSR count). The maximum absolute atomic E-state index is 13.4. The lowest BCUT2D eigenvalue weighted by molar-refractivity contribution is -0.122. The Bertz CT molecular complexity index is 1090. The van der Waals surface area contributed by atoms with Crippen LogP contribution in [-0.4, -0.2) is 50.3 Å². The van der Waals surface area contributed by atoms with Gasteiger partial charge in [0.05, 0.1) is 16.6 Å². The third-order valence-corrected chi connectivity index (χ3v) is 6.41. The molecule has 0 spiro atoms. The van der Waals surface area contributed by atoms with Crippen molar-refractivity contribution in [2.75, 3.05) is 25.0 Å². The Morgan fingerprint density at radius 2 is 2.09 bits per heavy atom. The van der Waals surface area contributed by atoms with Gasteiger partial charge in [-0.25, -0.2) is 4.98 Å². The normalized spacial score (nSPS) is 15.5. The van der Waals surface area contributed by atoms with E-state index in [0.29, 0.717) is 46.0 Å². The average Bonchev–Trinajstić information content (AvgIpc) is 3.01. The largest absolute Gasteiger partial charge is 0.379 e. The zero-order chi connectivity index (χ0) is 23.3. The second kappa shape index (κ2) is 11.1. The van der Waals surface area contributed by atoms with Crippen LogP contribution in [0.1, 0.15) is 51.2 Å². The van der Waals surface area contributed by atoms with Gasteiger partial charge in [0.25, 0.3) is 11.5 Å². The molecule has 0 radical (unpaired) electrons. The first-order valence-electron chi connectivity index (χ1n) is 11.0. The highest BCUT2D eigenvalue weighted by molar-refractivity contribution is 8.26. The van der Waals surface area contributed by atoms with Crippen molar-refractivity contribution in [1.29, 1.82) is 0 Å². The topological polar surface area (TPSA) is 75.9 Å². The fourth-order valence-electron chi connectivity index (χ4n) is 3.31. The number of hydrogen-bond donors (Lipinski definition) is 1. The van der Waals surface area contributed by atoms with Gasteiger partial charge in [0.2, 0.25) is 0 Å². The number of thioether (sulfide) groups is 1. The molecule has 1 aliphatic heterocycles. The maximum atomic E-state index is 13.4. The molecular formula is C23H30N4O3S2. The van der Waals surface area contributed by atoms with E-state index in [0.717, 1.165) is 24.8 Å². The molecule has 1 saturated heterocycles. The monoisotopic (exact) mass is 474 g/mol. The number of pyridine rings is 1. The third-order valence-electron chi connectivity index (χ3n) is 5.03. The highest BCUT2D eigenvalue weighted by Gasteiger charge is 2.32. The number of fused-ring (bicyclic) bond motifs is 1. The van der Waals surface area contributed by atoms with E-state index in [1.165, 1.54) is 16.2 Å². The first-order valence-corrected chi connectivity index (χ1v) is 12.2. The highest BCUT2D eigenvalue weighted by Crippen LogP contribution is 2.33. The number of aromatic nitrogens is 2. The van der Waals surface area contributed by atoms with Crippen LogP contribution in [0.2, 0.25) is 0 Å². The zero-order valence-corrected chi connectivity index (χ0v) is 20.6. The van der Waals surface area contributed by atoms with Crippen LogP contribution in [0.3, 0.4) is 0 Å². The van der Waals surface area contributed by atoms with Crippen LogP contribution in [-0.2, 0) is 9.53 Å². The van der Waals surface area contributed by atoms with Gasteiger partial charge in [0.15, 0.2) is 0 Å². The molecule has 9 heteroatoms. The Morgan fingerprint density at radius 3 is 2.81 bits per heavy atom. The van der Waals surface area contributed by atoms with E-state index >= 15 is 0 Å².